The second-order valence-corrected chi connectivity index (χ2v) is 6.24. The fraction of sp³-hybridized carbons (Fsp3) is 0.286. The van der Waals surface area contributed by atoms with Crippen molar-refractivity contribution >= 4 is 40.8 Å². The van der Waals surface area contributed by atoms with E-state index in [-0.39, 0.29) is 29.7 Å². The maximum absolute atomic E-state index is 9.89. The monoisotopic (exact) mass is 494 g/mol. The predicted octanol–water partition coefficient (Wildman–Crippen LogP) is 3.80. The summed E-state index contributed by atoms with van der Waals surface area (Å²) in [4.78, 5) is 7.90. The highest BCUT2D eigenvalue weighted by Gasteiger charge is 2.05. The number of ether oxygens (including phenoxy) is 1. The lowest BCUT2D eigenvalue weighted by molar-refractivity contribution is 0.373. The van der Waals surface area contributed by atoms with E-state index in [0.29, 0.717) is 12.3 Å². The molecule has 0 fully saturated rings. The number of guanidine groups is 1. The van der Waals surface area contributed by atoms with Crippen LogP contribution in [-0.2, 0) is 13.0 Å². The van der Waals surface area contributed by atoms with Crippen molar-refractivity contribution in [1.29, 1.82) is 0 Å². The van der Waals surface area contributed by atoms with Crippen LogP contribution >= 0.6 is 24.0 Å². The number of hydrogen-bond acceptors (Lipinski definition) is 3. The SMILES string of the molecule is CCNC(=NCc1ccc(OC)c(O)c1)NCCc1c[nH]c2ccccc12.I. The minimum atomic E-state index is 0. The molecule has 0 saturated heterocycles. The second kappa shape index (κ2) is 10.8. The molecule has 7 heteroatoms. The van der Waals surface area contributed by atoms with Gasteiger partial charge in [0.2, 0.25) is 0 Å². The van der Waals surface area contributed by atoms with E-state index in [2.05, 4.69) is 45.0 Å². The lowest BCUT2D eigenvalue weighted by Gasteiger charge is -2.11. The molecule has 6 nitrogen and oxygen atoms in total. The van der Waals surface area contributed by atoms with Gasteiger partial charge < -0.3 is 25.5 Å². The molecular formula is C21H27IN4O2. The Hall–Kier alpha value is -2.42. The van der Waals surface area contributed by atoms with Crippen LogP contribution in [0.15, 0.2) is 53.7 Å². The smallest absolute Gasteiger partial charge is 0.191 e. The van der Waals surface area contributed by atoms with E-state index in [1.807, 2.05) is 19.1 Å². The number of aromatic amines is 1. The summed E-state index contributed by atoms with van der Waals surface area (Å²) in [6, 6.07) is 13.6. The maximum atomic E-state index is 9.89. The molecule has 0 aliphatic rings. The largest absolute Gasteiger partial charge is 0.504 e. The number of benzene rings is 2. The molecule has 3 aromatic rings. The quantitative estimate of drug-likeness (QED) is 0.229. The van der Waals surface area contributed by atoms with Gasteiger partial charge >= 0.3 is 0 Å². The molecule has 0 aliphatic carbocycles. The number of para-hydroxylation sites is 1. The molecule has 0 bridgehead atoms. The molecule has 1 aromatic heterocycles. The van der Waals surface area contributed by atoms with E-state index in [9.17, 15) is 5.11 Å². The number of phenols is 1. The molecule has 0 atom stereocenters. The van der Waals surface area contributed by atoms with Gasteiger partial charge in [0.15, 0.2) is 17.5 Å². The molecular weight excluding hydrogens is 467 g/mol. The Kier molecular flexibility index (Phi) is 8.43. The number of rotatable bonds is 7. The van der Waals surface area contributed by atoms with Gasteiger partial charge in [0.1, 0.15) is 0 Å². The highest BCUT2D eigenvalue weighted by molar-refractivity contribution is 14.0. The van der Waals surface area contributed by atoms with Crippen molar-refractivity contribution in [1.82, 2.24) is 15.6 Å². The molecule has 0 radical (unpaired) electrons. The molecule has 28 heavy (non-hydrogen) atoms. The highest BCUT2D eigenvalue weighted by atomic mass is 127. The molecule has 4 N–H and O–H groups in total. The summed E-state index contributed by atoms with van der Waals surface area (Å²) in [6.07, 6.45) is 2.97. The predicted molar refractivity (Wildman–Crippen MR) is 125 cm³/mol. The normalized spacial score (nSPS) is 11.1. The van der Waals surface area contributed by atoms with Crippen molar-refractivity contribution < 1.29 is 9.84 Å². The third kappa shape index (κ3) is 5.54. The molecule has 0 saturated carbocycles. The first-order valence-electron chi connectivity index (χ1n) is 9.14. The molecule has 0 aliphatic heterocycles. The number of phenolic OH excluding ortho intramolecular Hbond substituents is 1. The summed E-state index contributed by atoms with van der Waals surface area (Å²) in [5.74, 6) is 1.35. The number of aliphatic imine (C=N–C) groups is 1. The first-order chi connectivity index (χ1) is 13.2. The van der Waals surface area contributed by atoms with Crippen LogP contribution in [0.4, 0.5) is 0 Å². The Balaban J connectivity index is 0.00000280. The van der Waals surface area contributed by atoms with E-state index in [0.717, 1.165) is 36.6 Å². The van der Waals surface area contributed by atoms with Crippen molar-refractivity contribution in [3.63, 3.8) is 0 Å². The van der Waals surface area contributed by atoms with Gasteiger partial charge in [0.05, 0.1) is 13.7 Å². The number of hydrogen-bond donors (Lipinski definition) is 4. The van der Waals surface area contributed by atoms with Gasteiger partial charge in [0.25, 0.3) is 0 Å². The number of nitrogens with one attached hydrogen (secondary N) is 3. The lowest BCUT2D eigenvalue weighted by atomic mass is 10.1. The van der Waals surface area contributed by atoms with Gasteiger partial charge in [-0.2, -0.15) is 0 Å². The molecule has 3 rings (SSSR count). The second-order valence-electron chi connectivity index (χ2n) is 6.24. The van der Waals surface area contributed by atoms with Crippen LogP contribution in [0.5, 0.6) is 11.5 Å². The number of methoxy groups -OCH3 is 1. The van der Waals surface area contributed by atoms with Crippen LogP contribution in [-0.4, -0.2) is 36.2 Å². The molecule has 0 spiro atoms. The summed E-state index contributed by atoms with van der Waals surface area (Å²) >= 11 is 0. The number of nitrogens with zero attached hydrogens (tertiary/aromatic N) is 1. The van der Waals surface area contributed by atoms with Gasteiger partial charge in [-0.1, -0.05) is 24.3 Å². The van der Waals surface area contributed by atoms with E-state index < -0.39 is 0 Å². The zero-order valence-electron chi connectivity index (χ0n) is 16.2. The molecule has 150 valence electrons. The van der Waals surface area contributed by atoms with Gasteiger partial charge in [-0.25, -0.2) is 4.99 Å². The third-order valence-electron chi connectivity index (χ3n) is 4.37. The zero-order chi connectivity index (χ0) is 19.1. The minimum absolute atomic E-state index is 0. The van der Waals surface area contributed by atoms with Crippen LogP contribution in [0.1, 0.15) is 18.1 Å². The number of H-pyrrole nitrogens is 1. The van der Waals surface area contributed by atoms with Gasteiger partial charge in [0, 0.05) is 30.2 Å². The Bertz CT molecular complexity index is 924. The first-order valence-corrected chi connectivity index (χ1v) is 9.14. The Morgan fingerprint density at radius 2 is 2.00 bits per heavy atom. The topological polar surface area (TPSA) is 81.7 Å². The molecule has 0 amide bonds. The van der Waals surface area contributed by atoms with Crippen LogP contribution in [0.25, 0.3) is 10.9 Å². The van der Waals surface area contributed by atoms with E-state index in [4.69, 9.17) is 4.74 Å². The number of halogens is 1. The Morgan fingerprint density at radius 1 is 1.18 bits per heavy atom. The van der Waals surface area contributed by atoms with E-state index in [1.54, 1.807) is 12.1 Å². The average Bonchev–Trinajstić information content (AvgIpc) is 3.09. The van der Waals surface area contributed by atoms with Gasteiger partial charge in [-0.05, 0) is 42.7 Å². The Morgan fingerprint density at radius 3 is 2.75 bits per heavy atom. The molecule has 1 heterocycles. The number of fused-ring (bicyclic) bond motifs is 1. The van der Waals surface area contributed by atoms with Crippen molar-refractivity contribution in [2.75, 3.05) is 20.2 Å². The number of aromatic hydroxyl groups is 1. The standard InChI is InChI=1S/C21H26N4O2.HI/c1-3-22-21(25-13-15-8-9-20(27-2)19(26)12-15)23-11-10-16-14-24-18-7-5-4-6-17(16)18;/h4-9,12,14,24,26H,3,10-11,13H2,1-2H3,(H2,22,23,25);1H. The van der Waals surface area contributed by atoms with Gasteiger partial charge in [-0.15, -0.1) is 24.0 Å². The lowest BCUT2D eigenvalue weighted by Crippen LogP contribution is -2.38. The third-order valence-corrected chi connectivity index (χ3v) is 4.37. The van der Waals surface area contributed by atoms with Crippen LogP contribution in [0, 0.1) is 0 Å². The summed E-state index contributed by atoms with van der Waals surface area (Å²) in [6.45, 7) is 4.07. The summed E-state index contributed by atoms with van der Waals surface area (Å²) in [5.41, 5.74) is 3.36. The average molecular weight is 494 g/mol. The minimum Gasteiger partial charge on any atom is -0.504 e. The molecule has 2 aromatic carbocycles. The summed E-state index contributed by atoms with van der Waals surface area (Å²) in [7, 11) is 1.54. The fourth-order valence-electron chi connectivity index (χ4n) is 3.00. The van der Waals surface area contributed by atoms with Crippen molar-refractivity contribution in [3.8, 4) is 11.5 Å². The Labute approximate surface area is 182 Å². The van der Waals surface area contributed by atoms with Crippen LogP contribution in [0.3, 0.4) is 0 Å². The highest BCUT2D eigenvalue weighted by Crippen LogP contribution is 2.26. The number of aromatic nitrogens is 1. The van der Waals surface area contributed by atoms with Crippen LogP contribution in [0.2, 0.25) is 0 Å². The van der Waals surface area contributed by atoms with Gasteiger partial charge in [-0.3, -0.25) is 0 Å². The fourth-order valence-corrected chi connectivity index (χ4v) is 3.00. The van der Waals surface area contributed by atoms with Crippen molar-refractivity contribution in [3.05, 3.63) is 59.8 Å². The summed E-state index contributed by atoms with van der Waals surface area (Å²) in [5, 5.41) is 17.8. The van der Waals surface area contributed by atoms with Crippen molar-refractivity contribution in [2.45, 2.75) is 19.9 Å². The van der Waals surface area contributed by atoms with E-state index in [1.165, 1.54) is 18.1 Å². The van der Waals surface area contributed by atoms with Crippen LogP contribution < -0.4 is 15.4 Å². The van der Waals surface area contributed by atoms with E-state index >= 15 is 0 Å². The van der Waals surface area contributed by atoms with Crippen molar-refractivity contribution in [2.24, 2.45) is 4.99 Å². The molecule has 0 unspecified atom stereocenters. The maximum Gasteiger partial charge on any atom is 0.191 e. The zero-order valence-corrected chi connectivity index (χ0v) is 18.5. The first kappa shape index (κ1) is 21.9. The summed E-state index contributed by atoms with van der Waals surface area (Å²) < 4.78 is 5.07.